The minimum absolute atomic E-state index is 0.00997. The molecule has 5 nitrogen and oxygen atoms in total. The Balaban J connectivity index is 1.99. The SMILES string of the molecule is CN(Cc1ccccc1OC(F)(F)F)C(=O)C1CCC(C(=O)O)CC1. The predicted molar refractivity (Wildman–Crippen MR) is 82.7 cm³/mol. The van der Waals surface area contributed by atoms with E-state index in [0.717, 1.165) is 0 Å². The third-order valence-electron chi connectivity index (χ3n) is 4.41. The van der Waals surface area contributed by atoms with Crippen molar-refractivity contribution in [1.29, 1.82) is 0 Å². The van der Waals surface area contributed by atoms with Gasteiger partial charge >= 0.3 is 12.3 Å². The number of alkyl halides is 3. The number of carboxylic acid groups (broad SMARTS) is 1. The average Bonchev–Trinajstić information content (AvgIpc) is 2.54. The van der Waals surface area contributed by atoms with Gasteiger partial charge < -0.3 is 14.7 Å². The molecule has 8 heteroatoms. The number of hydrogen-bond acceptors (Lipinski definition) is 3. The van der Waals surface area contributed by atoms with E-state index in [1.165, 1.54) is 30.1 Å². The Bertz CT molecular complexity index is 625. The average molecular weight is 359 g/mol. The number of rotatable bonds is 5. The Morgan fingerprint density at radius 1 is 1.16 bits per heavy atom. The monoisotopic (exact) mass is 359 g/mol. The molecule has 0 radical (unpaired) electrons. The van der Waals surface area contributed by atoms with Crippen molar-refractivity contribution in [2.45, 2.75) is 38.6 Å². The first kappa shape index (κ1) is 19.1. The topological polar surface area (TPSA) is 66.8 Å². The van der Waals surface area contributed by atoms with Gasteiger partial charge in [0, 0.05) is 25.1 Å². The van der Waals surface area contributed by atoms with Gasteiger partial charge in [0.05, 0.1) is 5.92 Å². The summed E-state index contributed by atoms with van der Waals surface area (Å²) in [6, 6.07) is 5.69. The van der Waals surface area contributed by atoms with Gasteiger partial charge in [0.2, 0.25) is 5.91 Å². The Morgan fingerprint density at radius 3 is 2.28 bits per heavy atom. The molecule has 2 rings (SSSR count). The van der Waals surface area contributed by atoms with Gasteiger partial charge in [-0.2, -0.15) is 0 Å². The van der Waals surface area contributed by atoms with E-state index < -0.39 is 18.2 Å². The van der Waals surface area contributed by atoms with Gasteiger partial charge in [-0.25, -0.2) is 0 Å². The summed E-state index contributed by atoms with van der Waals surface area (Å²) >= 11 is 0. The van der Waals surface area contributed by atoms with E-state index in [-0.39, 0.29) is 29.7 Å². The second-order valence-corrected chi connectivity index (χ2v) is 6.24. The fraction of sp³-hybridized carbons (Fsp3) is 0.529. The Labute approximate surface area is 143 Å². The summed E-state index contributed by atoms with van der Waals surface area (Å²) in [6.07, 6.45) is -2.98. The molecule has 0 aliphatic heterocycles. The van der Waals surface area contributed by atoms with Crippen molar-refractivity contribution >= 4 is 11.9 Å². The van der Waals surface area contributed by atoms with Crippen LogP contribution in [0.25, 0.3) is 0 Å². The molecule has 0 saturated heterocycles. The smallest absolute Gasteiger partial charge is 0.481 e. The summed E-state index contributed by atoms with van der Waals surface area (Å²) in [7, 11) is 1.52. The highest BCUT2D eigenvalue weighted by Crippen LogP contribution is 2.31. The minimum Gasteiger partial charge on any atom is -0.481 e. The summed E-state index contributed by atoms with van der Waals surface area (Å²) in [5, 5.41) is 8.99. The van der Waals surface area contributed by atoms with Crippen LogP contribution in [0.4, 0.5) is 13.2 Å². The number of carboxylic acids is 1. The van der Waals surface area contributed by atoms with Crippen LogP contribution in [0.2, 0.25) is 0 Å². The maximum atomic E-state index is 12.5. The number of nitrogens with zero attached hydrogens (tertiary/aromatic N) is 1. The molecule has 1 fully saturated rings. The fourth-order valence-corrected chi connectivity index (χ4v) is 3.09. The molecule has 1 saturated carbocycles. The highest BCUT2D eigenvalue weighted by atomic mass is 19.4. The number of amides is 1. The number of para-hydroxylation sites is 1. The van der Waals surface area contributed by atoms with Crippen molar-refractivity contribution in [1.82, 2.24) is 4.90 Å². The first-order valence-electron chi connectivity index (χ1n) is 7.99. The molecule has 25 heavy (non-hydrogen) atoms. The number of aliphatic carboxylic acids is 1. The zero-order chi connectivity index (χ0) is 18.6. The van der Waals surface area contributed by atoms with Gasteiger partial charge in [-0.3, -0.25) is 9.59 Å². The van der Waals surface area contributed by atoms with Crippen molar-refractivity contribution in [3.8, 4) is 5.75 Å². The zero-order valence-corrected chi connectivity index (χ0v) is 13.8. The van der Waals surface area contributed by atoms with Crippen molar-refractivity contribution in [3.05, 3.63) is 29.8 Å². The standard InChI is InChI=1S/C17H20F3NO4/c1-21(15(22)11-6-8-12(9-7-11)16(23)24)10-13-4-2-3-5-14(13)25-17(18,19)20/h2-5,11-12H,6-10H2,1H3,(H,23,24). The number of halogens is 3. The van der Waals surface area contributed by atoms with Crippen LogP contribution in [0.3, 0.4) is 0 Å². The van der Waals surface area contributed by atoms with Gasteiger partial charge in [0.1, 0.15) is 5.75 Å². The molecule has 1 aliphatic rings. The molecular weight excluding hydrogens is 339 g/mol. The number of hydrogen-bond donors (Lipinski definition) is 1. The van der Waals surface area contributed by atoms with Crippen molar-refractivity contribution in [2.24, 2.45) is 11.8 Å². The minimum atomic E-state index is -4.80. The second kappa shape index (κ2) is 7.76. The quantitative estimate of drug-likeness (QED) is 0.875. The Hall–Kier alpha value is -2.25. The van der Waals surface area contributed by atoms with Crippen LogP contribution in [0.15, 0.2) is 24.3 Å². The molecule has 0 bridgehead atoms. The van der Waals surface area contributed by atoms with Crippen LogP contribution >= 0.6 is 0 Å². The summed E-state index contributed by atoms with van der Waals surface area (Å²) in [6.45, 7) is -0.00997. The van der Waals surface area contributed by atoms with Crippen LogP contribution in [0.1, 0.15) is 31.2 Å². The number of ether oxygens (including phenoxy) is 1. The van der Waals surface area contributed by atoms with E-state index in [4.69, 9.17) is 5.11 Å². The molecule has 0 spiro atoms. The van der Waals surface area contributed by atoms with E-state index in [9.17, 15) is 22.8 Å². The molecule has 1 aromatic rings. The normalized spacial score (nSPS) is 20.8. The van der Waals surface area contributed by atoms with E-state index in [2.05, 4.69) is 4.74 Å². The van der Waals surface area contributed by atoms with Gasteiger partial charge in [-0.05, 0) is 31.7 Å². The molecule has 0 aromatic heterocycles. The van der Waals surface area contributed by atoms with E-state index in [1.807, 2.05) is 0 Å². The molecular formula is C17H20F3NO4. The summed E-state index contributed by atoms with van der Waals surface area (Å²) in [5.41, 5.74) is 0.259. The van der Waals surface area contributed by atoms with E-state index >= 15 is 0 Å². The second-order valence-electron chi connectivity index (χ2n) is 6.24. The lowest BCUT2D eigenvalue weighted by molar-refractivity contribution is -0.275. The van der Waals surface area contributed by atoms with Crippen molar-refractivity contribution < 1.29 is 32.6 Å². The lowest BCUT2D eigenvalue weighted by Crippen LogP contribution is -2.35. The van der Waals surface area contributed by atoms with Crippen molar-refractivity contribution in [2.75, 3.05) is 7.05 Å². The lowest BCUT2D eigenvalue weighted by atomic mass is 9.81. The molecule has 0 heterocycles. The van der Waals surface area contributed by atoms with Gasteiger partial charge in [-0.15, -0.1) is 13.2 Å². The van der Waals surface area contributed by atoms with Gasteiger partial charge in [0.15, 0.2) is 0 Å². The first-order valence-corrected chi connectivity index (χ1v) is 7.99. The van der Waals surface area contributed by atoms with Crippen LogP contribution < -0.4 is 4.74 Å². The summed E-state index contributed by atoms with van der Waals surface area (Å²) < 4.78 is 41.4. The number of benzene rings is 1. The zero-order valence-electron chi connectivity index (χ0n) is 13.8. The molecule has 0 unspecified atom stereocenters. The summed E-state index contributed by atoms with van der Waals surface area (Å²) in [5.74, 6) is -2.08. The summed E-state index contributed by atoms with van der Waals surface area (Å²) in [4.78, 5) is 24.8. The molecule has 1 N–H and O–H groups in total. The van der Waals surface area contributed by atoms with Crippen LogP contribution in [0.5, 0.6) is 5.75 Å². The van der Waals surface area contributed by atoms with E-state index in [1.54, 1.807) is 6.07 Å². The Kier molecular flexibility index (Phi) is 5.92. The number of carbonyl (C=O) groups is 2. The molecule has 138 valence electrons. The fourth-order valence-electron chi connectivity index (χ4n) is 3.09. The van der Waals surface area contributed by atoms with Crippen LogP contribution in [-0.4, -0.2) is 35.3 Å². The predicted octanol–water partition coefficient (Wildman–Crippen LogP) is 3.43. The van der Waals surface area contributed by atoms with Gasteiger partial charge in [0.25, 0.3) is 0 Å². The third-order valence-corrected chi connectivity index (χ3v) is 4.41. The van der Waals surface area contributed by atoms with Gasteiger partial charge in [-0.1, -0.05) is 18.2 Å². The van der Waals surface area contributed by atoms with Crippen LogP contribution in [0, 0.1) is 11.8 Å². The first-order chi connectivity index (χ1) is 11.7. The molecule has 1 aliphatic carbocycles. The lowest BCUT2D eigenvalue weighted by Gasteiger charge is -2.29. The highest BCUT2D eigenvalue weighted by molar-refractivity contribution is 5.79. The largest absolute Gasteiger partial charge is 0.573 e. The molecule has 1 aromatic carbocycles. The third kappa shape index (κ3) is 5.37. The van der Waals surface area contributed by atoms with Crippen LogP contribution in [-0.2, 0) is 16.1 Å². The molecule has 1 amide bonds. The Morgan fingerprint density at radius 2 is 1.72 bits per heavy atom. The van der Waals surface area contributed by atoms with Crippen molar-refractivity contribution in [3.63, 3.8) is 0 Å². The highest BCUT2D eigenvalue weighted by Gasteiger charge is 2.33. The molecule has 0 atom stereocenters. The maximum Gasteiger partial charge on any atom is 0.573 e. The number of carbonyl (C=O) groups excluding carboxylic acids is 1. The van der Waals surface area contributed by atoms with E-state index in [0.29, 0.717) is 25.7 Å². The maximum absolute atomic E-state index is 12.5.